The minimum absolute atomic E-state index is 0.00965. The number of sulfonamides is 1. The van der Waals surface area contributed by atoms with E-state index in [0.717, 1.165) is 4.31 Å². The van der Waals surface area contributed by atoms with Crippen molar-refractivity contribution in [3.8, 4) is 5.75 Å². The van der Waals surface area contributed by atoms with Crippen LogP contribution in [0.4, 0.5) is 5.82 Å². The van der Waals surface area contributed by atoms with Crippen molar-refractivity contribution in [3.05, 3.63) is 24.0 Å². The van der Waals surface area contributed by atoms with Crippen LogP contribution in [0.15, 0.2) is 18.3 Å². The van der Waals surface area contributed by atoms with Crippen LogP contribution in [0.1, 0.15) is 23.3 Å². The largest absolute Gasteiger partial charge is 0.504 e. The summed E-state index contributed by atoms with van der Waals surface area (Å²) in [6.07, 6.45) is 2.69. The Kier molecular flexibility index (Phi) is 3.78. The summed E-state index contributed by atoms with van der Waals surface area (Å²) in [4.78, 5) is 19.9. The van der Waals surface area contributed by atoms with Gasteiger partial charge in [-0.25, -0.2) is 19.2 Å². The fourth-order valence-electron chi connectivity index (χ4n) is 2.55. The number of aromatic nitrogens is 2. The topological polar surface area (TPSA) is 139 Å². The van der Waals surface area contributed by atoms with Gasteiger partial charge in [0.1, 0.15) is 5.52 Å². The molecule has 1 saturated heterocycles. The number of hydrazine groups is 1. The normalized spacial score (nSPS) is 17.2. The minimum Gasteiger partial charge on any atom is -0.504 e. The zero-order valence-electron chi connectivity index (χ0n) is 12.1. The third kappa shape index (κ3) is 2.55. The Morgan fingerprint density at radius 1 is 1.39 bits per heavy atom. The Labute approximate surface area is 132 Å². The second-order valence-corrected chi connectivity index (χ2v) is 7.11. The lowest BCUT2D eigenvalue weighted by Crippen LogP contribution is -2.39. The molecule has 0 radical (unpaired) electrons. The van der Waals surface area contributed by atoms with Gasteiger partial charge < -0.3 is 5.11 Å². The Hall–Kier alpha value is -2.46. The molecule has 2 aromatic rings. The van der Waals surface area contributed by atoms with E-state index in [0.29, 0.717) is 18.2 Å². The SMILES string of the molecule is NNC(=O)c1nc(N2CCCCS2(=O)=O)c2cccnc2c1O. The summed E-state index contributed by atoms with van der Waals surface area (Å²) in [6.45, 7) is 0.258. The Balaban J connectivity index is 2.31. The Morgan fingerprint density at radius 2 is 2.17 bits per heavy atom. The molecule has 3 rings (SSSR count). The van der Waals surface area contributed by atoms with Crippen molar-refractivity contribution in [2.24, 2.45) is 5.84 Å². The van der Waals surface area contributed by atoms with Gasteiger partial charge in [0.15, 0.2) is 17.3 Å². The van der Waals surface area contributed by atoms with Gasteiger partial charge in [0.25, 0.3) is 5.91 Å². The van der Waals surface area contributed by atoms with E-state index < -0.39 is 21.7 Å². The first-order chi connectivity index (χ1) is 11.0. The highest BCUT2D eigenvalue weighted by Gasteiger charge is 2.31. The average Bonchev–Trinajstić information content (AvgIpc) is 2.55. The molecule has 0 aliphatic carbocycles. The molecule has 0 unspecified atom stereocenters. The third-order valence-corrected chi connectivity index (χ3v) is 5.48. The van der Waals surface area contributed by atoms with E-state index in [1.807, 2.05) is 5.43 Å². The summed E-state index contributed by atoms with van der Waals surface area (Å²) >= 11 is 0. The van der Waals surface area contributed by atoms with Gasteiger partial charge in [0.2, 0.25) is 10.0 Å². The molecule has 1 fully saturated rings. The van der Waals surface area contributed by atoms with Crippen LogP contribution in [-0.2, 0) is 10.0 Å². The molecule has 1 aliphatic heterocycles. The molecule has 23 heavy (non-hydrogen) atoms. The number of amides is 1. The molecule has 10 heteroatoms. The van der Waals surface area contributed by atoms with E-state index in [1.54, 1.807) is 12.1 Å². The van der Waals surface area contributed by atoms with Gasteiger partial charge in [-0.2, -0.15) is 0 Å². The maximum absolute atomic E-state index is 12.3. The maximum atomic E-state index is 12.3. The monoisotopic (exact) mass is 337 g/mol. The second-order valence-electron chi connectivity index (χ2n) is 5.10. The summed E-state index contributed by atoms with van der Waals surface area (Å²) < 4.78 is 25.8. The summed E-state index contributed by atoms with van der Waals surface area (Å²) in [7, 11) is -3.53. The lowest BCUT2D eigenvalue weighted by Gasteiger charge is -2.28. The highest BCUT2D eigenvalue weighted by atomic mass is 32.2. The van der Waals surface area contributed by atoms with Crippen LogP contribution in [0.3, 0.4) is 0 Å². The van der Waals surface area contributed by atoms with Crippen molar-refractivity contribution < 1.29 is 18.3 Å². The number of hydrogen-bond acceptors (Lipinski definition) is 7. The molecule has 3 heterocycles. The van der Waals surface area contributed by atoms with Crippen LogP contribution in [0.25, 0.3) is 10.9 Å². The smallest absolute Gasteiger partial charge is 0.287 e. The van der Waals surface area contributed by atoms with E-state index in [9.17, 15) is 18.3 Å². The molecule has 0 bridgehead atoms. The first kappa shape index (κ1) is 15.4. The maximum Gasteiger partial charge on any atom is 0.287 e. The molecular weight excluding hydrogens is 322 g/mol. The number of nitrogens with zero attached hydrogens (tertiary/aromatic N) is 3. The summed E-state index contributed by atoms with van der Waals surface area (Å²) in [5, 5.41) is 10.5. The van der Waals surface area contributed by atoms with E-state index in [4.69, 9.17) is 5.84 Å². The highest BCUT2D eigenvalue weighted by molar-refractivity contribution is 7.92. The number of carbonyl (C=O) groups is 1. The number of anilines is 1. The lowest BCUT2D eigenvalue weighted by molar-refractivity contribution is 0.0946. The van der Waals surface area contributed by atoms with Crippen molar-refractivity contribution >= 4 is 32.7 Å². The number of carbonyl (C=O) groups excluding carboxylic acids is 1. The molecule has 4 N–H and O–H groups in total. The summed E-state index contributed by atoms with van der Waals surface area (Å²) in [6, 6.07) is 3.20. The Bertz CT molecular complexity index is 883. The molecule has 122 valence electrons. The lowest BCUT2D eigenvalue weighted by atomic mass is 10.2. The molecular formula is C13H15N5O4S. The molecule has 1 amide bonds. The van der Waals surface area contributed by atoms with E-state index in [-0.39, 0.29) is 29.3 Å². The molecule has 2 aromatic heterocycles. The highest BCUT2D eigenvalue weighted by Crippen LogP contribution is 2.34. The number of hydrogen-bond donors (Lipinski definition) is 3. The fraction of sp³-hybridized carbons (Fsp3) is 0.308. The van der Waals surface area contributed by atoms with Gasteiger partial charge in [-0.05, 0) is 25.0 Å². The van der Waals surface area contributed by atoms with Crippen LogP contribution in [0, 0.1) is 0 Å². The van der Waals surface area contributed by atoms with Crippen LogP contribution in [0.5, 0.6) is 5.75 Å². The van der Waals surface area contributed by atoms with Crippen molar-refractivity contribution in [2.75, 3.05) is 16.6 Å². The van der Waals surface area contributed by atoms with Crippen molar-refractivity contribution in [3.63, 3.8) is 0 Å². The van der Waals surface area contributed by atoms with Crippen LogP contribution in [0.2, 0.25) is 0 Å². The zero-order valence-corrected chi connectivity index (χ0v) is 12.9. The number of pyridine rings is 2. The Morgan fingerprint density at radius 3 is 2.87 bits per heavy atom. The molecule has 0 aromatic carbocycles. The van der Waals surface area contributed by atoms with Crippen LogP contribution >= 0.6 is 0 Å². The molecule has 1 aliphatic rings. The van der Waals surface area contributed by atoms with Gasteiger partial charge >= 0.3 is 0 Å². The minimum atomic E-state index is -3.53. The average molecular weight is 337 g/mol. The molecule has 0 saturated carbocycles. The van der Waals surface area contributed by atoms with Crippen LogP contribution in [-0.4, -0.2) is 41.7 Å². The molecule has 9 nitrogen and oxygen atoms in total. The fourth-order valence-corrected chi connectivity index (χ4v) is 4.15. The number of rotatable bonds is 2. The summed E-state index contributed by atoms with van der Waals surface area (Å²) in [5.41, 5.74) is 1.61. The van der Waals surface area contributed by atoms with Crippen molar-refractivity contribution in [1.29, 1.82) is 0 Å². The van der Waals surface area contributed by atoms with Gasteiger partial charge in [0, 0.05) is 18.1 Å². The number of nitrogens with two attached hydrogens (primary N) is 1. The van der Waals surface area contributed by atoms with E-state index >= 15 is 0 Å². The van der Waals surface area contributed by atoms with Crippen molar-refractivity contribution in [1.82, 2.24) is 15.4 Å². The standard InChI is InChI=1S/C13H15N5O4S/c14-17-13(20)10-11(19)9-8(4-3-5-15-9)12(16-10)18-6-1-2-7-23(18,21)22/h3-5,19H,1-2,6-7,14H2,(H,17,20). The predicted molar refractivity (Wildman–Crippen MR) is 83.2 cm³/mol. The van der Waals surface area contributed by atoms with Gasteiger partial charge in [-0.1, -0.05) is 0 Å². The zero-order chi connectivity index (χ0) is 16.6. The van der Waals surface area contributed by atoms with Gasteiger partial charge in [-0.15, -0.1) is 0 Å². The van der Waals surface area contributed by atoms with E-state index in [2.05, 4.69) is 9.97 Å². The van der Waals surface area contributed by atoms with Crippen LogP contribution < -0.4 is 15.6 Å². The number of nitrogen functional groups attached to an aromatic ring is 1. The predicted octanol–water partition coefficient (Wildman–Crippen LogP) is -0.131. The van der Waals surface area contributed by atoms with E-state index in [1.165, 1.54) is 6.20 Å². The molecule has 0 atom stereocenters. The van der Waals surface area contributed by atoms with Gasteiger partial charge in [-0.3, -0.25) is 19.5 Å². The van der Waals surface area contributed by atoms with Crippen molar-refractivity contribution in [2.45, 2.75) is 12.8 Å². The number of aromatic hydroxyl groups is 1. The number of nitrogens with one attached hydrogen (secondary N) is 1. The molecule has 0 spiro atoms. The second kappa shape index (κ2) is 5.63. The first-order valence-electron chi connectivity index (χ1n) is 6.95. The first-order valence-corrected chi connectivity index (χ1v) is 8.55. The number of fused-ring (bicyclic) bond motifs is 1. The quantitative estimate of drug-likeness (QED) is 0.394. The summed E-state index contributed by atoms with van der Waals surface area (Å²) in [5.74, 6) is 3.91. The third-order valence-electron chi connectivity index (χ3n) is 3.65. The van der Waals surface area contributed by atoms with Gasteiger partial charge in [0.05, 0.1) is 5.75 Å².